The predicted octanol–water partition coefficient (Wildman–Crippen LogP) is 0.324. The molecule has 1 atom stereocenters. The topological polar surface area (TPSA) is 97.3 Å². The summed E-state index contributed by atoms with van der Waals surface area (Å²) in [6.45, 7) is 2.86. The number of nitriles is 1. The first kappa shape index (κ1) is 16.2. The van der Waals surface area contributed by atoms with Gasteiger partial charge in [-0.05, 0) is 12.5 Å². The van der Waals surface area contributed by atoms with E-state index < -0.39 is 17.8 Å². The number of rotatable bonds is 3. The maximum atomic E-state index is 14.5. The highest BCUT2D eigenvalue weighted by atomic mass is 19.1. The van der Waals surface area contributed by atoms with Gasteiger partial charge in [-0.1, -0.05) is 0 Å². The van der Waals surface area contributed by atoms with Crippen LogP contribution < -0.4 is 20.9 Å². The minimum Gasteiger partial charge on any atom is -0.372 e. The van der Waals surface area contributed by atoms with Crippen molar-refractivity contribution in [3.8, 4) is 6.07 Å². The van der Waals surface area contributed by atoms with Crippen LogP contribution in [0.15, 0.2) is 12.1 Å². The number of hydrogen-bond acceptors (Lipinski definition) is 6. The van der Waals surface area contributed by atoms with Crippen molar-refractivity contribution in [3.05, 3.63) is 23.5 Å². The number of piperidine rings is 1. The number of nitrogens with one attached hydrogen (secondary N) is 3. The molecule has 7 nitrogen and oxygen atoms in total. The molecule has 2 heterocycles. The van der Waals surface area contributed by atoms with Gasteiger partial charge in [0.25, 0.3) is 0 Å². The molecule has 0 aliphatic carbocycles. The Kier molecular flexibility index (Phi) is 4.62. The molecule has 126 valence electrons. The molecule has 1 aromatic carbocycles. The van der Waals surface area contributed by atoms with E-state index >= 15 is 0 Å². The minimum absolute atomic E-state index is 0.215. The van der Waals surface area contributed by atoms with Gasteiger partial charge >= 0.3 is 0 Å². The zero-order valence-corrected chi connectivity index (χ0v) is 13.1. The molecule has 0 aromatic heterocycles. The second-order valence-electron chi connectivity index (χ2n) is 5.85. The van der Waals surface area contributed by atoms with Gasteiger partial charge in [-0.3, -0.25) is 14.9 Å². The summed E-state index contributed by atoms with van der Waals surface area (Å²) in [5.74, 6) is -1.22. The van der Waals surface area contributed by atoms with Crippen LogP contribution in [0.25, 0.3) is 0 Å². The summed E-state index contributed by atoms with van der Waals surface area (Å²) in [7, 11) is 0. The molecule has 0 spiro atoms. The molecule has 0 radical (unpaired) electrons. The fraction of sp³-hybridized carbons (Fsp3) is 0.438. The fourth-order valence-electron chi connectivity index (χ4n) is 2.94. The average molecular weight is 331 g/mol. The first-order chi connectivity index (χ1) is 11.6. The Morgan fingerprint density at radius 3 is 2.71 bits per heavy atom. The number of imide groups is 1. The smallest absolute Gasteiger partial charge is 0.249 e. The van der Waals surface area contributed by atoms with E-state index in [0.29, 0.717) is 25.2 Å². The number of nitrogens with zero attached hydrogens (tertiary/aromatic N) is 2. The number of benzene rings is 1. The molecule has 2 aliphatic heterocycles. The van der Waals surface area contributed by atoms with Gasteiger partial charge in [-0.25, -0.2) is 4.39 Å². The van der Waals surface area contributed by atoms with Crippen molar-refractivity contribution in [3.63, 3.8) is 0 Å². The lowest BCUT2D eigenvalue weighted by molar-refractivity contribution is -0.133. The molecule has 2 amide bonds. The van der Waals surface area contributed by atoms with Crippen LogP contribution in [-0.4, -0.2) is 44.0 Å². The number of hydrogen-bond donors (Lipinski definition) is 3. The number of halogens is 1. The molecule has 3 N–H and O–H groups in total. The summed E-state index contributed by atoms with van der Waals surface area (Å²) >= 11 is 0. The lowest BCUT2D eigenvalue weighted by Gasteiger charge is -2.30. The number of piperazine rings is 1. The van der Waals surface area contributed by atoms with Crippen molar-refractivity contribution in [1.29, 1.82) is 5.26 Å². The van der Waals surface area contributed by atoms with Crippen molar-refractivity contribution >= 4 is 23.2 Å². The summed E-state index contributed by atoms with van der Waals surface area (Å²) in [5, 5.41) is 17.7. The van der Waals surface area contributed by atoms with Crippen molar-refractivity contribution in [1.82, 2.24) is 10.6 Å². The van der Waals surface area contributed by atoms with Crippen LogP contribution in [0.4, 0.5) is 15.8 Å². The Morgan fingerprint density at radius 2 is 2.04 bits per heavy atom. The number of carbonyl (C=O) groups excluding carboxylic acids is 2. The number of anilines is 2. The van der Waals surface area contributed by atoms with Crippen LogP contribution in [0.3, 0.4) is 0 Å². The molecular formula is C16H18FN5O2. The van der Waals surface area contributed by atoms with Crippen LogP contribution in [0.2, 0.25) is 0 Å². The Bertz CT molecular complexity index is 709. The minimum atomic E-state index is -0.653. The molecule has 2 saturated heterocycles. The van der Waals surface area contributed by atoms with Gasteiger partial charge in [0.1, 0.15) is 17.9 Å². The first-order valence-corrected chi connectivity index (χ1v) is 7.88. The third kappa shape index (κ3) is 3.31. The Morgan fingerprint density at radius 1 is 1.29 bits per heavy atom. The summed E-state index contributed by atoms with van der Waals surface area (Å²) < 4.78 is 14.5. The maximum Gasteiger partial charge on any atom is 0.249 e. The Hall–Kier alpha value is -2.66. The Balaban J connectivity index is 1.83. The largest absolute Gasteiger partial charge is 0.372 e. The SMILES string of the molecule is N#Cc1cc(N2CCNCC2)c(F)cc1NC1CCC(=O)NC1=O. The van der Waals surface area contributed by atoms with Crippen molar-refractivity contribution in [2.75, 3.05) is 36.4 Å². The quantitative estimate of drug-likeness (QED) is 0.691. The van der Waals surface area contributed by atoms with Crippen LogP contribution in [0.5, 0.6) is 0 Å². The molecule has 1 aromatic rings. The molecule has 0 bridgehead atoms. The van der Waals surface area contributed by atoms with Crippen LogP contribution in [0.1, 0.15) is 18.4 Å². The standard InChI is InChI=1S/C16H18FN5O2/c17-11-8-13(20-12-1-2-15(23)21-16(12)24)10(9-18)7-14(11)22-5-3-19-4-6-22/h7-8,12,19-20H,1-6H2,(H,21,23,24). The van der Waals surface area contributed by atoms with Gasteiger partial charge in [0, 0.05) is 38.7 Å². The number of carbonyl (C=O) groups is 2. The highest BCUT2D eigenvalue weighted by Crippen LogP contribution is 2.28. The van der Waals surface area contributed by atoms with Crippen LogP contribution in [-0.2, 0) is 9.59 Å². The molecule has 0 saturated carbocycles. The second-order valence-corrected chi connectivity index (χ2v) is 5.85. The van der Waals surface area contributed by atoms with Crippen molar-refractivity contribution in [2.24, 2.45) is 0 Å². The third-order valence-corrected chi connectivity index (χ3v) is 4.23. The highest BCUT2D eigenvalue weighted by Gasteiger charge is 2.27. The molecule has 3 rings (SSSR count). The van der Waals surface area contributed by atoms with E-state index in [1.54, 1.807) is 0 Å². The lowest BCUT2D eigenvalue weighted by Crippen LogP contribution is -2.47. The molecule has 1 unspecified atom stereocenters. The van der Waals surface area contributed by atoms with Crippen molar-refractivity contribution < 1.29 is 14.0 Å². The van der Waals surface area contributed by atoms with E-state index in [0.717, 1.165) is 13.1 Å². The highest BCUT2D eigenvalue weighted by molar-refractivity contribution is 6.01. The molecule has 2 fully saturated rings. The van der Waals surface area contributed by atoms with Crippen LogP contribution >= 0.6 is 0 Å². The first-order valence-electron chi connectivity index (χ1n) is 7.88. The van der Waals surface area contributed by atoms with Gasteiger partial charge in [0.15, 0.2) is 0 Å². The third-order valence-electron chi connectivity index (χ3n) is 4.23. The van der Waals surface area contributed by atoms with E-state index in [-0.39, 0.29) is 23.6 Å². The summed E-state index contributed by atoms with van der Waals surface area (Å²) in [4.78, 5) is 24.9. The summed E-state index contributed by atoms with van der Waals surface area (Å²) in [5.41, 5.74) is 0.930. The van der Waals surface area contributed by atoms with Gasteiger partial charge < -0.3 is 15.5 Å². The van der Waals surface area contributed by atoms with E-state index in [1.165, 1.54) is 12.1 Å². The average Bonchev–Trinajstić information content (AvgIpc) is 2.58. The van der Waals surface area contributed by atoms with Crippen LogP contribution in [0, 0.1) is 17.1 Å². The molecule has 8 heteroatoms. The predicted molar refractivity (Wildman–Crippen MR) is 86.0 cm³/mol. The summed E-state index contributed by atoms with van der Waals surface area (Å²) in [6.07, 6.45) is 0.531. The van der Waals surface area contributed by atoms with E-state index in [9.17, 15) is 19.2 Å². The molecule has 24 heavy (non-hydrogen) atoms. The zero-order valence-electron chi connectivity index (χ0n) is 13.1. The zero-order chi connectivity index (χ0) is 17.1. The van der Waals surface area contributed by atoms with E-state index in [2.05, 4.69) is 16.0 Å². The van der Waals surface area contributed by atoms with Gasteiger partial charge in [0.2, 0.25) is 11.8 Å². The monoisotopic (exact) mass is 331 g/mol. The fourth-order valence-corrected chi connectivity index (χ4v) is 2.94. The van der Waals surface area contributed by atoms with Gasteiger partial charge in [-0.15, -0.1) is 0 Å². The van der Waals surface area contributed by atoms with E-state index in [1.807, 2.05) is 11.0 Å². The van der Waals surface area contributed by atoms with E-state index in [4.69, 9.17) is 0 Å². The van der Waals surface area contributed by atoms with Crippen molar-refractivity contribution in [2.45, 2.75) is 18.9 Å². The summed E-state index contributed by atoms with van der Waals surface area (Å²) in [6, 6.07) is 4.15. The van der Waals surface area contributed by atoms with Gasteiger partial charge in [0.05, 0.1) is 16.9 Å². The number of amides is 2. The normalized spacial score (nSPS) is 21.2. The molecule has 2 aliphatic rings. The Labute approximate surface area is 138 Å². The van der Waals surface area contributed by atoms with Gasteiger partial charge in [-0.2, -0.15) is 5.26 Å². The maximum absolute atomic E-state index is 14.5. The molecular weight excluding hydrogens is 313 g/mol. The lowest BCUT2D eigenvalue weighted by atomic mass is 10.0. The second kappa shape index (κ2) is 6.84.